The number of likely N-dealkylation sites (tertiary alicyclic amines) is 1. The second kappa shape index (κ2) is 6.06. The number of amides is 1. The lowest BCUT2D eigenvalue weighted by atomic mass is 9.95. The average Bonchev–Trinajstić information content (AvgIpc) is 2.87. The molecule has 1 saturated heterocycles. The number of ketones is 1. The van der Waals surface area contributed by atoms with Gasteiger partial charge in [0.25, 0.3) is 11.7 Å². The molecule has 1 aliphatic rings. The van der Waals surface area contributed by atoms with Crippen LogP contribution in [0.15, 0.2) is 66.2 Å². The van der Waals surface area contributed by atoms with Crippen molar-refractivity contribution in [3.05, 3.63) is 77.4 Å². The summed E-state index contributed by atoms with van der Waals surface area (Å²) in [4.78, 5) is 25.5. The fraction of sp³-hybridized carbons (Fsp3) is 0.111. The first-order valence-corrected chi connectivity index (χ1v) is 7.14. The lowest BCUT2D eigenvalue weighted by molar-refractivity contribution is -0.142. The van der Waals surface area contributed by atoms with Crippen molar-refractivity contribution in [1.82, 2.24) is 4.90 Å². The molecule has 116 valence electrons. The second-order valence-corrected chi connectivity index (χ2v) is 5.19. The SMILES string of the molecule is O=C1C(=O)N(CO)[C@H](c2ccccc2)C1=C(O)c1ccccc1. The van der Waals surface area contributed by atoms with E-state index in [0.29, 0.717) is 11.1 Å². The van der Waals surface area contributed by atoms with Crippen molar-refractivity contribution >= 4 is 17.4 Å². The van der Waals surface area contributed by atoms with Crippen LogP contribution in [0.1, 0.15) is 17.2 Å². The molecule has 5 nitrogen and oxygen atoms in total. The van der Waals surface area contributed by atoms with Crippen LogP contribution in [0.3, 0.4) is 0 Å². The lowest BCUT2D eigenvalue weighted by Gasteiger charge is -2.22. The summed E-state index contributed by atoms with van der Waals surface area (Å²) in [7, 11) is 0. The highest BCUT2D eigenvalue weighted by Gasteiger charge is 2.45. The zero-order valence-electron chi connectivity index (χ0n) is 12.2. The smallest absolute Gasteiger partial charge is 0.297 e. The molecule has 1 amide bonds. The molecule has 1 atom stereocenters. The molecule has 0 bridgehead atoms. The molecule has 0 radical (unpaired) electrons. The van der Waals surface area contributed by atoms with Crippen LogP contribution >= 0.6 is 0 Å². The fourth-order valence-electron chi connectivity index (χ4n) is 2.76. The van der Waals surface area contributed by atoms with Crippen LogP contribution in [0, 0.1) is 0 Å². The van der Waals surface area contributed by atoms with Crippen LogP contribution in [0.25, 0.3) is 5.76 Å². The predicted molar refractivity (Wildman–Crippen MR) is 84.1 cm³/mol. The molecule has 2 aromatic rings. The van der Waals surface area contributed by atoms with Crippen LogP contribution in [-0.4, -0.2) is 33.5 Å². The molecular weight excluding hydrogens is 294 g/mol. The van der Waals surface area contributed by atoms with Crippen molar-refractivity contribution in [2.75, 3.05) is 6.73 Å². The van der Waals surface area contributed by atoms with Crippen molar-refractivity contribution in [1.29, 1.82) is 0 Å². The summed E-state index contributed by atoms with van der Waals surface area (Å²) < 4.78 is 0. The highest BCUT2D eigenvalue weighted by atomic mass is 16.3. The predicted octanol–water partition coefficient (Wildman–Crippen LogP) is 2.06. The van der Waals surface area contributed by atoms with Crippen LogP contribution < -0.4 is 0 Å². The van der Waals surface area contributed by atoms with Gasteiger partial charge in [-0.3, -0.25) is 9.59 Å². The summed E-state index contributed by atoms with van der Waals surface area (Å²) in [5.74, 6) is -1.86. The minimum absolute atomic E-state index is 0.0125. The van der Waals surface area contributed by atoms with E-state index >= 15 is 0 Å². The zero-order valence-corrected chi connectivity index (χ0v) is 12.2. The van der Waals surface area contributed by atoms with Gasteiger partial charge >= 0.3 is 0 Å². The van der Waals surface area contributed by atoms with E-state index in [9.17, 15) is 19.8 Å². The number of hydrogen-bond donors (Lipinski definition) is 2. The van der Waals surface area contributed by atoms with E-state index in [2.05, 4.69) is 0 Å². The van der Waals surface area contributed by atoms with Gasteiger partial charge in [0.15, 0.2) is 0 Å². The van der Waals surface area contributed by atoms with Crippen LogP contribution in [0.4, 0.5) is 0 Å². The Morgan fingerprint density at radius 1 is 0.957 bits per heavy atom. The quantitative estimate of drug-likeness (QED) is 0.517. The maximum Gasteiger partial charge on any atom is 0.297 e. The Labute approximate surface area is 133 Å². The molecule has 0 spiro atoms. The molecule has 23 heavy (non-hydrogen) atoms. The van der Waals surface area contributed by atoms with E-state index in [4.69, 9.17) is 0 Å². The van der Waals surface area contributed by atoms with E-state index in [1.807, 2.05) is 6.07 Å². The number of rotatable bonds is 3. The Hall–Kier alpha value is -2.92. The van der Waals surface area contributed by atoms with Crippen molar-refractivity contribution in [3.8, 4) is 0 Å². The highest BCUT2D eigenvalue weighted by molar-refractivity contribution is 6.46. The topological polar surface area (TPSA) is 77.8 Å². The normalized spacial score (nSPS) is 20.0. The molecule has 2 aromatic carbocycles. The van der Waals surface area contributed by atoms with Crippen LogP contribution in [0.2, 0.25) is 0 Å². The molecule has 0 aromatic heterocycles. The summed E-state index contributed by atoms with van der Waals surface area (Å²) in [6, 6.07) is 16.6. The lowest BCUT2D eigenvalue weighted by Crippen LogP contribution is -2.30. The van der Waals surface area contributed by atoms with Crippen molar-refractivity contribution in [2.24, 2.45) is 0 Å². The van der Waals surface area contributed by atoms with Gasteiger partial charge in [-0.15, -0.1) is 0 Å². The molecular formula is C18H15NO4. The van der Waals surface area contributed by atoms with Crippen LogP contribution in [-0.2, 0) is 9.59 Å². The van der Waals surface area contributed by atoms with E-state index in [0.717, 1.165) is 4.90 Å². The zero-order chi connectivity index (χ0) is 16.4. The van der Waals surface area contributed by atoms with E-state index in [1.54, 1.807) is 54.6 Å². The molecule has 1 heterocycles. The molecule has 5 heteroatoms. The number of hydrogen-bond acceptors (Lipinski definition) is 4. The minimum atomic E-state index is -0.821. The number of Topliss-reactive ketones (excluding diaryl/α,β-unsaturated/α-hetero) is 1. The van der Waals surface area contributed by atoms with Crippen LogP contribution in [0.5, 0.6) is 0 Å². The van der Waals surface area contributed by atoms with Gasteiger partial charge in [0.1, 0.15) is 12.5 Å². The Kier molecular flexibility index (Phi) is 3.95. The first-order valence-electron chi connectivity index (χ1n) is 7.14. The molecule has 2 N–H and O–H groups in total. The van der Waals surface area contributed by atoms with Gasteiger partial charge in [0, 0.05) is 5.56 Å². The summed E-state index contributed by atoms with van der Waals surface area (Å²) >= 11 is 0. The molecule has 0 saturated carbocycles. The standard InChI is InChI=1S/C18H15NO4/c20-11-19-15(12-7-3-1-4-8-12)14(17(22)18(19)23)16(21)13-9-5-2-6-10-13/h1-10,15,20-21H,11H2/t15-/m1/s1. The number of carbonyl (C=O) groups is 2. The van der Waals surface area contributed by atoms with Crippen molar-refractivity contribution < 1.29 is 19.8 Å². The number of benzene rings is 2. The van der Waals surface area contributed by atoms with Gasteiger partial charge in [0.05, 0.1) is 11.6 Å². The Balaban J connectivity index is 2.20. The van der Waals surface area contributed by atoms with E-state index in [1.165, 1.54) is 0 Å². The summed E-state index contributed by atoms with van der Waals surface area (Å²) in [6.07, 6.45) is 0. The number of aliphatic hydroxyl groups is 2. The fourth-order valence-corrected chi connectivity index (χ4v) is 2.76. The number of carbonyl (C=O) groups excluding carboxylic acids is 2. The van der Waals surface area contributed by atoms with Gasteiger partial charge in [-0.1, -0.05) is 60.7 Å². The van der Waals surface area contributed by atoms with E-state index in [-0.39, 0.29) is 11.3 Å². The monoisotopic (exact) mass is 309 g/mol. The Bertz CT molecular complexity index is 768. The van der Waals surface area contributed by atoms with Gasteiger partial charge in [-0.25, -0.2) is 0 Å². The van der Waals surface area contributed by atoms with Crippen molar-refractivity contribution in [2.45, 2.75) is 6.04 Å². The minimum Gasteiger partial charge on any atom is -0.507 e. The molecule has 1 aliphatic heterocycles. The summed E-state index contributed by atoms with van der Waals surface area (Å²) in [5.41, 5.74) is 1.09. The summed E-state index contributed by atoms with van der Waals surface area (Å²) in [6.45, 7) is -0.601. The Morgan fingerprint density at radius 2 is 1.52 bits per heavy atom. The third-order valence-electron chi connectivity index (χ3n) is 3.85. The third-order valence-corrected chi connectivity index (χ3v) is 3.85. The summed E-state index contributed by atoms with van der Waals surface area (Å²) in [5, 5.41) is 20.1. The number of nitrogens with zero attached hydrogens (tertiary/aromatic N) is 1. The van der Waals surface area contributed by atoms with Gasteiger partial charge in [0.2, 0.25) is 0 Å². The third kappa shape index (κ3) is 2.51. The molecule has 0 unspecified atom stereocenters. The maximum absolute atomic E-state index is 12.4. The Morgan fingerprint density at radius 3 is 2.09 bits per heavy atom. The van der Waals surface area contributed by atoms with Gasteiger partial charge in [-0.05, 0) is 5.56 Å². The molecule has 0 aliphatic carbocycles. The van der Waals surface area contributed by atoms with Gasteiger partial charge in [-0.2, -0.15) is 0 Å². The van der Waals surface area contributed by atoms with Gasteiger partial charge < -0.3 is 15.1 Å². The van der Waals surface area contributed by atoms with Crippen molar-refractivity contribution in [3.63, 3.8) is 0 Å². The highest BCUT2D eigenvalue weighted by Crippen LogP contribution is 2.38. The first-order chi connectivity index (χ1) is 11.1. The maximum atomic E-state index is 12.4. The molecule has 3 rings (SSSR count). The number of aliphatic hydroxyl groups excluding tert-OH is 2. The van der Waals surface area contributed by atoms with E-state index < -0.39 is 24.5 Å². The first kappa shape index (κ1) is 15.0. The molecule has 1 fully saturated rings. The largest absolute Gasteiger partial charge is 0.507 e. The average molecular weight is 309 g/mol. The second-order valence-electron chi connectivity index (χ2n) is 5.19.